The maximum absolute atomic E-state index is 10.8. The first-order chi connectivity index (χ1) is 12.5. The third kappa shape index (κ3) is 4.42. The first-order valence-electron chi connectivity index (χ1n) is 7.64. The Morgan fingerprint density at radius 2 is 2.00 bits per heavy atom. The minimum absolute atomic E-state index is 0.0386. The molecule has 0 saturated heterocycles. The van der Waals surface area contributed by atoms with Crippen molar-refractivity contribution in [2.24, 2.45) is 0 Å². The van der Waals surface area contributed by atoms with E-state index in [1.54, 1.807) is 23.6 Å². The van der Waals surface area contributed by atoms with Crippen molar-refractivity contribution in [1.29, 1.82) is 0 Å². The van der Waals surface area contributed by atoms with E-state index in [-0.39, 0.29) is 18.7 Å². The zero-order valence-electron chi connectivity index (χ0n) is 13.5. The summed E-state index contributed by atoms with van der Waals surface area (Å²) in [6.45, 7) is 0.281. The highest BCUT2D eigenvalue weighted by Crippen LogP contribution is 2.27. The van der Waals surface area contributed by atoms with Gasteiger partial charge in [-0.2, -0.15) is 0 Å². The first-order valence-corrected chi connectivity index (χ1v) is 8.52. The molecule has 7 nitrogen and oxygen atoms in total. The second-order valence-electron chi connectivity index (χ2n) is 5.45. The quantitative estimate of drug-likeness (QED) is 0.499. The number of ether oxygens (including phenoxy) is 1. The highest BCUT2D eigenvalue weighted by Gasteiger charge is 2.09. The van der Waals surface area contributed by atoms with E-state index in [0.29, 0.717) is 11.4 Å². The van der Waals surface area contributed by atoms with Crippen LogP contribution in [0.25, 0.3) is 10.6 Å². The number of hydrogen-bond donors (Lipinski definition) is 1. The van der Waals surface area contributed by atoms with Gasteiger partial charge in [-0.3, -0.25) is 14.9 Å². The zero-order chi connectivity index (χ0) is 18.5. The minimum Gasteiger partial charge on any atom is -0.489 e. The summed E-state index contributed by atoms with van der Waals surface area (Å²) in [6.07, 6.45) is -0.104. The third-order valence-electron chi connectivity index (χ3n) is 3.52. The number of aliphatic carboxylic acids is 1. The first kappa shape index (κ1) is 17.6. The lowest BCUT2D eigenvalue weighted by Crippen LogP contribution is -1.99. The van der Waals surface area contributed by atoms with Crippen molar-refractivity contribution in [3.63, 3.8) is 0 Å². The van der Waals surface area contributed by atoms with Gasteiger partial charge in [0.15, 0.2) is 0 Å². The standard InChI is InChI=1S/C18H14N2O5S/c21-17(22)9-14-11-26-18(19-14)13-2-1-3-16(8-13)25-10-12-4-6-15(7-5-12)20(23)24/h1-8,11H,9-10H2,(H,21,22). The Hall–Kier alpha value is -3.26. The van der Waals surface area contributed by atoms with Gasteiger partial charge in [-0.15, -0.1) is 11.3 Å². The van der Waals surface area contributed by atoms with Crippen molar-refractivity contribution in [1.82, 2.24) is 4.98 Å². The summed E-state index contributed by atoms with van der Waals surface area (Å²) in [4.78, 5) is 25.3. The molecule has 132 valence electrons. The Bertz CT molecular complexity index is 937. The summed E-state index contributed by atoms with van der Waals surface area (Å²) in [6, 6.07) is 13.5. The Kier molecular flexibility index (Phi) is 5.23. The van der Waals surface area contributed by atoms with Gasteiger partial charge in [0.2, 0.25) is 0 Å². The van der Waals surface area contributed by atoms with Gasteiger partial charge in [0, 0.05) is 23.1 Å². The second kappa shape index (κ2) is 7.75. The summed E-state index contributed by atoms with van der Waals surface area (Å²) in [5.74, 6) is -0.280. The number of hydrogen-bond acceptors (Lipinski definition) is 6. The van der Waals surface area contributed by atoms with Gasteiger partial charge in [0.25, 0.3) is 5.69 Å². The summed E-state index contributed by atoms with van der Waals surface area (Å²) in [5, 5.41) is 21.9. The minimum atomic E-state index is -0.915. The summed E-state index contributed by atoms with van der Waals surface area (Å²) in [5.41, 5.74) is 2.22. The van der Waals surface area contributed by atoms with Crippen LogP contribution in [-0.2, 0) is 17.8 Å². The van der Waals surface area contributed by atoms with E-state index in [0.717, 1.165) is 16.1 Å². The van der Waals surface area contributed by atoms with Crippen LogP contribution < -0.4 is 4.74 Å². The number of rotatable bonds is 7. The largest absolute Gasteiger partial charge is 0.489 e. The van der Waals surface area contributed by atoms with Gasteiger partial charge in [-0.1, -0.05) is 12.1 Å². The van der Waals surface area contributed by atoms with Crippen molar-refractivity contribution in [3.8, 4) is 16.3 Å². The molecule has 2 aromatic carbocycles. The molecule has 0 aliphatic rings. The van der Waals surface area contributed by atoms with Crippen LogP contribution in [0, 0.1) is 10.1 Å². The molecule has 0 bridgehead atoms. The third-order valence-corrected chi connectivity index (χ3v) is 4.46. The molecule has 0 radical (unpaired) electrons. The topological polar surface area (TPSA) is 103 Å². The molecule has 0 spiro atoms. The predicted molar refractivity (Wildman–Crippen MR) is 96.3 cm³/mol. The van der Waals surface area contributed by atoms with Crippen LogP contribution in [-0.4, -0.2) is 21.0 Å². The van der Waals surface area contributed by atoms with Crippen LogP contribution in [0.1, 0.15) is 11.3 Å². The van der Waals surface area contributed by atoms with Crippen LogP contribution in [0.15, 0.2) is 53.9 Å². The highest BCUT2D eigenvalue weighted by atomic mass is 32.1. The van der Waals surface area contributed by atoms with Gasteiger partial charge in [0.05, 0.1) is 17.0 Å². The Morgan fingerprint density at radius 1 is 1.23 bits per heavy atom. The Labute approximate surface area is 152 Å². The van der Waals surface area contributed by atoms with Crippen LogP contribution in [0.4, 0.5) is 5.69 Å². The molecular formula is C18H14N2O5S. The molecule has 1 heterocycles. The molecule has 26 heavy (non-hydrogen) atoms. The maximum Gasteiger partial charge on any atom is 0.309 e. The molecule has 0 saturated carbocycles. The van der Waals surface area contributed by atoms with Gasteiger partial charge < -0.3 is 9.84 Å². The van der Waals surface area contributed by atoms with E-state index in [1.807, 2.05) is 18.2 Å². The molecule has 1 N–H and O–H groups in total. The van der Waals surface area contributed by atoms with Crippen molar-refractivity contribution in [2.45, 2.75) is 13.0 Å². The van der Waals surface area contributed by atoms with E-state index >= 15 is 0 Å². The fraction of sp³-hybridized carbons (Fsp3) is 0.111. The van der Waals surface area contributed by atoms with E-state index in [9.17, 15) is 14.9 Å². The number of carbonyl (C=O) groups is 1. The fourth-order valence-electron chi connectivity index (χ4n) is 2.28. The number of benzene rings is 2. The normalized spacial score (nSPS) is 10.5. The number of non-ortho nitro benzene ring substituents is 1. The number of nitrogens with zero attached hydrogens (tertiary/aromatic N) is 2. The molecule has 3 aromatic rings. The molecule has 0 fully saturated rings. The lowest BCUT2D eigenvalue weighted by Gasteiger charge is -2.07. The summed E-state index contributed by atoms with van der Waals surface area (Å²) >= 11 is 1.38. The average molecular weight is 370 g/mol. The zero-order valence-corrected chi connectivity index (χ0v) is 14.3. The number of aromatic nitrogens is 1. The lowest BCUT2D eigenvalue weighted by molar-refractivity contribution is -0.384. The molecule has 0 aliphatic heterocycles. The van der Waals surface area contributed by atoms with E-state index < -0.39 is 10.9 Å². The number of nitro benzene ring substituents is 1. The van der Waals surface area contributed by atoms with Crippen molar-refractivity contribution in [3.05, 3.63) is 75.3 Å². The Balaban J connectivity index is 1.68. The lowest BCUT2D eigenvalue weighted by atomic mass is 10.2. The van der Waals surface area contributed by atoms with Gasteiger partial charge in [-0.05, 0) is 29.8 Å². The van der Waals surface area contributed by atoms with Crippen molar-refractivity contribution >= 4 is 23.0 Å². The van der Waals surface area contributed by atoms with E-state index in [1.165, 1.54) is 23.5 Å². The smallest absolute Gasteiger partial charge is 0.309 e. The summed E-state index contributed by atoms with van der Waals surface area (Å²) in [7, 11) is 0. The fourth-order valence-corrected chi connectivity index (χ4v) is 3.09. The highest BCUT2D eigenvalue weighted by molar-refractivity contribution is 7.13. The van der Waals surface area contributed by atoms with Gasteiger partial charge in [-0.25, -0.2) is 4.98 Å². The predicted octanol–water partition coefficient (Wildman–Crippen LogP) is 3.92. The van der Waals surface area contributed by atoms with E-state index in [2.05, 4.69) is 4.98 Å². The molecule has 0 amide bonds. The van der Waals surface area contributed by atoms with Crippen LogP contribution in [0.2, 0.25) is 0 Å². The van der Waals surface area contributed by atoms with Crippen LogP contribution >= 0.6 is 11.3 Å². The summed E-state index contributed by atoms with van der Waals surface area (Å²) < 4.78 is 5.74. The van der Waals surface area contributed by atoms with Crippen LogP contribution in [0.5, 0.6) is 5.75 Å². The van der Waals surface area contributed by atoms with Crippen molar-refractivity contribution < 1.29 is 19.6 Å². The molecule has 0 atom stereocenters. The van der Waals surface area contributed by atoms with E-state index in [4.69, 9.17) is 9.84 Å². The number of thiazole rings is 1. The number of carboxylic acids is 1. The monoisotopic (exact) mass is 370 g/mol. The number of carboxylic acid groups (broad SMARTS) is 1. The molecule has 0 aliphatic carbocycles. The number of nitro groups is 1. The Morgan fingerprint density at radius 3 is 2.69 bits per heavy atom. The van der Waals surface area contributed by atoms with Crippen molar-refractivity contribution in [2.75, 3.05) is 0 Å². The van der Waals surface area contributed by atoms with Gasteiger partial charge in [0.1, 0.15) is 17.4 Å². The SMILES string of the molecule is O=C(O)Cc1csc(-c2cccc(OCc3ccc([N+](=O)[O-])cc3)c2)n1. The molecule has 1 aromatic heterocycles. The molecule has 8 heteroatoms. The maximum atomic E-state index is 10.8. The van der Waals surface area contributed by atoms with Gasteiger partial charge >= 0.3 is 5.97 Å². The molecule has 3 rings (SSSR count). The molecule has 0 unspecified atom stereocenters. The average Bonchev–Trinajstić information content (AvgIpc) is 3.08. The molecular weight excluding hydrogens is 356 g/mol. The second-order valence-corrected chi connectivity index (χ2v) is 6.31. The van der Waals surface area contributed by atoms with Crippen LogP contribution in [0.3, 0.4) is 0 Å².